The summed E-state index contributed by atoms with van der Waals surface area (Å²) in [6.07, 6.45) is 2.72. The van der Waals surface area contributed by atoms with Gasteiger partial charge in [-0.2, -0.15) is 0 Å². The lowest BCUT2D eigenvalue weighted by molar-refractivity contribution is 0.0946. The van der Waals surface area contributed by atoms with Gasteiger partial charge in [0.05, 0.1) is 14.2 Å². The summed E-state index contributed by atoms with van der Waals surface area (Å²) in [5, 5.41) is 5.12. The van der Waals surface area contributed by atoms with E-state index in [1.54, 1.807) is 14.2 Å². The molecule has 2 heterocycles. The lowest BCUT2D eigenvalue weighted by atomic mass is 10.1. The molecule has 6 heteroatoms. The molecule has 2 N–H and O–H groups in total. The van der Waals surface area contributed by atoms with Crippen LogP contribution in [0.25, 0.3) is 21.8 Å². The Bertz CT molecular complexity index is 1160. The molecule has 0 fully saturated rings. The number of benzene rings is 2. The molecule has 0 spiro atoms. The second kappa shape index (κ2) is 7.31. The molecule has 0 aliphatic carbocycles. The molecule has 0 saturated carbocycles. The summed E-state index contributed by atoms with van der Waals surface area (Å²) < 4.78 is 12.5. The minimum Gasteiger partial charge on any atom is -0.497 e. The van der Waals surface area contributed by atoms with Crippen molar-refractivity contribution >= 4 is 27.7 Å². The van der Waals surface area contributed by atoms with Crippen LogP contribution in [0.4, 0.5) is 0 Å². The number of rotatable bonds is 6. The van der Waals surface area contributed by atoms with Crippen LogP contribution in [0.15, 0.2) is 48.7 Å². The number of methoxy groups -OCH3 is 2. The fourth-order valence-electron chi connectivity index (χ4n) is 3.56. The number of hydrogen-bond donors (Lipinski definition) is 2. The zero-order chi connectivity index (χ0) is 19.7. The van der Waals surface area contributed by atoms with Gasteiger partial charge in [0.25, 0.3) is 5.91 Å². The van der Waals surface area contributed by atoms with Gasteiger partial charge in [0.1, 0.15) is 17.2 Å². The van der Waals surface area contributed by atoms with Gasteiger partial charge in [-0.25, -0.2) is 0 Å². The molecule has 0 saturated heterocycles. The second-order valence-corrected chi connectivity index (χ2v) is 6.74. The number of nitrogens with zero attached hydrogens (tertiary/aromatic N) is 1. The average molecular weight is 377 g/mol. The van der Waals surface area contributed by atoms with E-state index >= 15 is 0 Å². The van der Waals surface area contributed by atoms with Gasteiger partial charge in [-0.1, -0.05) is 0 Å². The fourth-order valence-corrected chi connectivity index (χ4v) is 3.56. The van der Waals surface area contributed by atoms with Crippen LogP contribution in [0.2, 0.25) is 0 Å². The van der Waals surface area contributed by atoms with Gasteiger partial charge < -0.3 is 24.3 Å². The van der Waals surface area contributed by atoms with Crippen LogP contribution in [0.1, 0.15) is 16.1 Å². The Morgan fingerprint density at radius 3 is 2.61 bits per heavy atom. The molecule has 1 amide bonds. The molecule has 0 radical (unpaired) electrons. The largest absolute Gasteiger partial charge is 0.497 e. The van der Waals surface area contributed by atoms with Gasteiger partial charge in [-0.15, -0.1) is 0 Å². The molecule has 144 valence electrons. The summed E-state index contributed by atoms with van der Waals surface area (Å²) in [5.41, 5.74) is 3.83. The summed E-state index contributed by atoms with van der Waals surface area (Å²) >= 11 is 0. The molecule has 0 aliphatic heterocycles. The van der Waals surface area contributed by atoms with Gasteiger partial charge in [0, 0.05) is 41.6 Å². The number of nitrogens with one attached hydrogen (secondary N) is 2. The van der Waals surface area contributed by atoms with Crippen molar-refractivity contribution in [2.75, 3.05) is 20.8 Å². The van der Waals surface area contributed by atoms with Crippen molar-refractivity contribution in [3.63, 3.8) is 0 Å². The van der Waals surface area contributed by atoms with E-state index in [1.807, 2.05) is 60.3 Å². The lowest BCUT2D eigenvalue weighted by Crippen LogP contribution is -2.27. The third-order valence-corrected chi connectivity index (χ3v) is 5.14. The van der Waals surface area contributed by atoms with Crippen molar-refractivity contribution < 1.29 is 14.3 Å². The van der Waals surface area contributed by atoms with Crippen molar-refractivity contribution in [2.24, 2.45) is 7.05 Å². The van der Waals surface area contributed by atoms with E-state index in [1.165, 1.54) is 0 Å². The highest BCUT2D eigenvalue weighted by atomic mass is 16.5. The van der Waals surface area contributed by atoms with Crippen molar-refractivity contribution in [1.29, 1.82) is 0 Å². The minimum atomic E-state index is -0.0879. The van der Waals surface area contributed by atoms with Crippen LogP contribution >= 0.6 is 0 Å². The van der Waals surface area contributed by atoms with E-state index in [0.29, 0.717) is 12.2 Å². The Morgan fingerprint density at radius 2 is 1.82 bits per heavy atom. The predicted octanol–water partition coefficient (Wildman–Crippen LogP) is 3.65. The van der Waals surface area contributed by atoms with Crippen LogP contribution in [0.5, 0.6) is 11.5 Å². The second-order valence-electron chi connectivity index (χ2n) is 6.74. The molecule has 4 rings (SSSR count). The number of H-pyrrole nitrogens is 1. The monoisotopic (exact) mass is 377 g/mol. The molecular formula is C22H23N3O3. The summed E-state index contributed by atoms with van der Waals surface area (Å²) in [4.78, 5) is 16.0. The Hall–Kier alpha value is -3.41. The smallest absolute Gasteiger partial charge is 0.267 e. The maximum absolute atomic E-state index is 12.7. The lowest BCUT2D eigenvalue weighted by Gasteiger charge is -2.07. The van der Waals surface area contributed by atoms with Crippen LogP contribution in [-0.4, -0.2) is 36.2 Å². The zero-order valence-corrected chi connectivity index (χ0v) is 16.2. The average Bonchev–Trinajstić information content (AvgIpc) is 3.28. The maximum atomic E-state index is 12.7. The van der Waals surface area contributed by atoms with E-state index < -0.39 is 0 Å². The third kappa shape index (κ3) is 3.17. The molecule has 28 heavy (non-hydrogen) atoms. The van der Waals surface area contributed by atoms with E-state index in [-0.39, 0.29) is 5.91 Å². The van der Waals surface area contributed by atoms with Gasteiger partial charge in [0.2, 0.25) is 0 Å². The van der Waals surface area contributed by atoms with Crippen LogP contribution < -0.4 is 14.8 Å². The molecule has 6 nitrogen and oxygen atoms in total. The minimum absolute atomic E-state index is 0.0879. The first-order valence-electron chi connectivity index (χ1n) is 9.16. The topological polar surface area (TPSA) is 68.3 Å². The van der Waals surface area contributed by atoms with Crippen LogP contribution in [0, 0.1) is 0 Å². The van der Waals surface area contributed by atoms with Gasteiger partial charge in [-0.05, 0) is 54.4 Å². The first-order valence-corrected chi connectivity index (χ1v) is 9.16. The quantitative estimate of drug-likeness (QED) is 0.539. The number of aryl methyl sites for hydroxylation is 1. The summed E-state index contributed by atoms with van der Waals surface area (Å²) in [6.45, 7) is 0.549. The van der Waals surface area contributed by atoms with Crippen LogP contribution in [-0.2, 0) is 13.5 Å². The zero-order valence-electron chi connectivity index (χ0n) is 16.2. The Labute approximate surface area is 163 Å². The molecule has 2 aromatic heterocycles. The first kappa shape index (κ1) is 18.0. The predicted molar refractivity (Wildman–Crippen MR) is 110 cm³/mol. The normalized spacial score (nSPS) is 11.1. The van der Waals surface area contributed by atoms with E-state index in [4.69, 9.17) is 9.47 Å². The maximum Gasteiger partial charge on any atom is 0.267 e. The van der Waals surface area contributed by atoms with Crippen LogP contribution in [0.3, 0.4) is 0 Å². The van der Waals surface area contributed by atoms with Gasteiger partial charge >= 0.3 is 0 Å². The molecule has 0 atom stereocenters. The Morgan fingerprint density at radius 1 is 1.07 bits per heavy atom. The number of amides is 1. The molecule has 4 aromatic rings. The SMILES string of the molecule is COc1ccc2c(c1)cc(C(=O)NCCc1c[nH]c3ccc(OC)cc13)n2C. The summed E-state index contributed by atoms with van der Waals surface area (Å²) in [6, 6.07) is 13.6. The number of ether oxygens (including phenoxy) is 2. The van der Waals surface area contributed by atoms with Crippen molar-refractivity contribution in [1.82, 2.24) is 14.9 Å². The van der Waals surface area contributed by atoms with Crippen molar-refractivity contribution in [3.8, 4) is 11.5 Å². The highest BCUT2D eigenvalue weighted by Gasteiger charge is 2.14. The highest BCUT2D eigenvalue weighted by Crippen LogP contribution is 2.25. The molecule has 0 bridgehead atoms. The Kier molecular flexibility index (Phi) is 4.69. The molecule has 0 unspecified atom stereocenters. The van der Waals surface area contributed by atoms with E-state index in [9.17, 15) is 4.79 Å². The van der Waals surface area contributed by atoms with Crippen molar-refractivity contribution in [2.45, 2.75) is 6.42 Å². The van der Waals surface area contributed by atoms with Gasteiger partial charge in [0.15, 0.2) is 0 Å². The number of fused-ring (bicyclic) bond motifs is 2. The molecule has 0 aliphatic rings. The number of hydrogen-bond acceptors (Lipinski definition) is 3. The number of carbonyl (C=O) groups excluding carboxylic acids is 1. The Balaban J connectivity index is 1.48. The third-order valence-electron chi connectivity index (χ3n) is 5.14. The number of aromatic nitrogens is 2. The first-order chi connectivity index (χ1) is 13.6. The number of carbonyl (C=O) groups is 1. The fraction of sp³-hybridized carbons (Fsp3) is 0.227. The summed E-state index contributed by atoms with van der Waals surface area (Å²) in [5.74, 6) is 1.51. The number of aromatic amines is 1. The molecule has 2 aromatic carbocycles. The van der Waals surface area contributed by atoms with Gasteiger partial charge in [-0.3, -0.25) is 4.79 Å². The van der Waals surface area contributed by atoms with E-state index in [0.717, 1.165) is 45.3 Å². The standard InChI is InChI=1S/C22H23N3O3/c1-25-20-7-5-16(27-2)10-15(20)11-21(25)22(26)23-9-8-14-13-24-19-6-4-17(28-3)12-18(14)19/h4-7,10-13,24H,8-9H2,1-3H3,(H,23,26). The highest BCUT2D eigenvalue weighted by molar-refractivity contribution is 5.99. The van der Waals surface area contributed by atoms with E-state index in [2.05, 4.69) is 10.3 Å². The van der Waals surface area contributed by atoms with Crippen molar-refractivity contribution in [3.05, 3.63) is 59.9 Å². The molecular weight excluding hydrogens is 354 g/mol. The summed E-state index contributed by atoms with van der Waals surface area (Å²) in [7, 11) is 5.20.